The van der Waals surface area contributed by atoms with Crippen LogP contribution in [0.5, 0.6) is 0 Å². The first-order valence-corrected chi connectivity index (χ1v) is 7.20. The summed E-state index contributed by atoms with van der Waals surface area (Å²) in [5, 5.41) is 10.1. The fraction of sp³-hybridized carbons (Fsp3) is 0.462. The van der Waals surface area contributed by atoms with E-state index in [0.717, 1.165) is 12.8 Å². The maximum Gasteiger partial charge on any atom is 0.167 e. The summed E-state index contributed by atoms with van der Waals surface area (Å²) in [5.74, 6) is 0.303. The summed E-state index contributed by atoms with van der Waals surface area (Å²) in [5.41, 5.74) is 6.80. The Balaban J connectivity index is 1.92. The maximum absolute atomic E-state index is 10.4. The smallest absolute Gasteiger partial charge is 0.167 e. The Kier molecular flexibility index (Phi) is 3.83. The van der Waals surface area contributed by atoms with E-state index in [1.807, 2.05) is 6.08 Å². The number of fused-ring (bicyclic) bond motifs is 1. The first kappa shape index (κ1) is 14.3. The molecule has 0 amide bonds. The molecule has 2 aromatic rings. The van der Waals surface area contributed by atoms with E-state index in [2.05, 4.69) is 34.2 Å². The monoisotopic (exact) mass is 307 g/mol. The van der Waals surface area contributed by atoms with Gasteiger partial charge in [-0.15, -0.1) is 6.58 Å². The van der Waals surface area contributed by atoms with E-state index >= 15 is 0 Å². The van der Waals surface area contributed by atoms with Gasteiger partial charge in [-0.1, -0.05) is 6.08 Å². The summed E-state index contributed by atoms with van der Waals surface area (Å²) >= 11 is 4.46. The van der Waals surface area contributed by atoms with Crippen molar-refractivity contribution in [3.8, 4) is 0 Å². The zero-order valence-electron chi connectivity index (χ0n) is 11.3. The van der Waals surface area contributed by atoms with E-state index in [1.54, 1.807) is 10.9 Å². The maximum atomic E-state index is 10.4. The van der Waals surface area contributed by atoms with Gasteiger partial charge in [0, 0.05) is 0 Å². The Hall–Kier alpha value is -1.64. The van der Waals surface area contributed by atoms with Crippen LogP contribution in [0.3, 0.4) is 0 Å². The predicted octanol–water partition coefficient (Wildman–Crippen LogP) is 0.931. The summed E-state index contributed by atoms with van der Waals surface area (Å²) in [6, 6.07) is 0. The molecule has 21 heavy (non-hydrogen) atoms. The Morgan fingerprint density at radius 1 is 1.48 bits per heavy atom. The number of aromatic nitrogens is 4. The first-order valence-electron chi connectivity index (χ1n) is 6.69. The summed E-state index contributed by atoms with van der Waals surface area (Å²) in [6.45, 7) is 3.70. The van der Waals surface area contributed by atoms with Crippen LogP contribution in [0.4, 0.5) is 5.82 Å². The van der Waals surface area contributed by atoms with Gasteiger partial charge in [0.15, 0.2) is 17.7 Å². The van der Waals surface area contributed by atoms with Crippen molar-refractivity contribution in [2.75, 3.05) is 5.73 Å². The Bertz CT molecular complexity index is 661. The SMILES string of the molecule is C=CCC[C@H]1O[C@@H](n2cnc3c(N)ncnc32)[C@H](O)[C@@H]1S. The van der Waals surface area contributed by atoms with Crippen LogP contribution >= 0.6 is 12.6 Å². The molecule has 7 nitrogen and oxygen atoms in total. The second kappa shape index (κ2) is 5.63. The van der Waals surface area contributed by atoms with Gasteiger partial charge in [-0.2, -0.15) is 12.6 Å². The molecule has 1 aliphatic heterocycles. The first-order chi connectivity index (χ1) is 10.1. The molecular formula is C13H17N5O2S. The number of aliphatic hydroxyl groups excluding tert-OH is 1. The van der Waals surface area contributed by atoms with E-state index in [-0.39, 0.29) is 11.4 Å². The molecule has 0 aliphatic carbocycles. The molecule has 112 valence electrons. The van der Waals surface area contributed by atoms with Gasteiger partial charge in [0.05, 0.1) is 17.7 Å². The molecule has 1 saturated heterocycles. The summed E-state index contributed by atoms with van der Waals surface area (Å²) in [7, 11) is 0. The normalized spacial score (nSPS) is 29.0. The van der Waals surface area contributed by atoms with Crippen LogP contribution in [0.1, 0.15) is 19.1 Å². The van der Waals surface area contributed by atoms with Crippen LogP contribution < -0.4 is 5.73 Å². The topological polar surface area (TPSA) is 99.1 Å². The zero-order valence-corrected chi connectivity index (χ0v) is 12.2. The number of ether oxygens (including phenoxy) is 1. The molecule has 8 heteroatoms. The van der Waals surface area contributed by atoms with Crippen LogP contribution in [-0.4, -0.2) is 42.1 Å². The van der Waals surface area contributed by atoms with Crippen molar-refractivity contribution in [3.05, 3.63) is 25.3 Å². The third-order valence-electron chi connectivity index (χ3n) is 3.65. The third-order valence-corrected chi connectivity index (χ3v) is 4.29. The minimum atomic E-state index is -0.753. The molecule has 0 saturated carbocycles. The fourth-order valence-corrected chi connectivity index (χ4v) is 2.90. The predicted molar refractivity (Wildman–Crippen MR) is 81.9 cm³/mol. The second-order valence-electron chi connectivity index (χ2n) is 5.00. The molecule has 3 heterocycles. The van der Waals surface area contributed by atoms with Crippen LogP contribution in [0, 0.1) is 0 Å². The number of imidazole rings is 1. The molecule has 0 unspecified atom stereocenters. The molecule has 3 rings (SSSR count). The lowest BCUT2D eigenvalue weighted by Gasteiger charge is -2.16. The molecule has 0 aromatic carbocycles. The van der Waals surface area contributed by atoms with Gasteiger partial charge in [-0.25, -0.2) is 15.0 Å². The number of aliphatic hydroxyl groups is 1. The van der Waals surface area contributed by atoms with Crippen molar-refractivity contribution in [2.24, 2.45) is 0 Å². The van der Waals surface area contributed by atoms with Crippen molar-refractivity contribution in [3.63, 3.8) is 0 Å². The van der Waals surface area contributed by atoms with Gasteiger partial charge in [-0.3, -0.25) is 4.57 Å². The Morgan fingerprint density at radius 2 is 2.29 bits per heavy atom. The molecule has 0 radical (unpaired) electrons. The third kappa shape index (κ3) is 2.39. The highest BCUT2D eigenvalue weighted by atomic mass is 32.1. The lowest BCUT2D eigenvalue weighted by molar-refractivity contribution is -0.0364. The summed E-state index contributed by atoms with van der Waals surface area (Å²) < 4.78 is 7.60. The average molecular weight is 307 g/mol. The Morgan fingerprint density at radius 3 is 3.05 bits per heavy atom. The second-order valence-corrected chi connectivity index (χ2v) is 5.59. The van der Waals surface area contributed by atoms with E-state index < -0.39 is 12.3 Å². The molecule has 2 aromatic heterocycles. The van der Waals surface area contributed by atoms with Crippen molar-refractivity contribution in [1.82, 2.24) is 19.5 Å². The summed E-state index contributed by atoms with van der Waals surface area (Å²) in [4.78, 5) is 12.3. The highest BCUT2D eigenvalue weighted by Crippen LogP contribution is 2.36. The quantitative estimate of drug-likeness (QED) is 0.574. The number of rotatable bonds is 4. The lowest BCUT2D eigenvalue weighted by Crippen LogP contribution is -2.27. The van der Waals surface area contributed by atoms with Gasteiger partial charge in [0.2, 0.25) is 0 Å². The molecule has 3 N–H and O–H groups in total. The van der Waals surface area contributed by atoms with E-state index in [4.69, 9.17) is 10.5 Å². The molecule has 0 spiro atoms. The minimum Gasteiger partial charge on any atom is -0.387 e. The van der Waals surface area contributed by atoms with Crippen molar-refractivity contribution >= 4 is 29.6 Å². The van der Waals surface area contributed by atoms with Crippen molar-refractivity contribution < 1.29 is 9.84 Å². The average Bonchev–Trinajstić information content (AvgIpc) is 3.02. The number of allylic oxidation sites excluding steroid dienone is 1. The Labute approximate surface area is 127 Å². The molecule has 1 aliphatic rings. The summed E-state index contributed by atoms with van der Waals surface area (Å²) in [6.07, 6.45) is 4.83. The molecule has 1 fully saturated rings. The number of anilines is 1. The molecule has 0 bridgehead atoms. The van der Waals surface area contributed by atoms with E-state index in [1.165, 1.54) is 6.33 Å². The standard InChI is InChI=1S/C13H17N5O2S/c1-2-3-4-7-10(21)9(19)13(20-7)18-6-17-8-11(14)15-5-16-12(8)18/h2,5-7,9-10,13,19,21H,1,3-4H2,(H2,14,15,16)/t7-,9-,10-,13-/m1/s1. The minimum absolute atomic E-state index is 0.150. The van der Waals surface area contributed by atoms with Crippen molar-refractivity contribution in [1.29, 1.82) is 0 Å². The van der Waals surface area contributed by atoms with Gasteiger partial charge in [0.1, 0.15) is 17.9 Å². The zero-order chi connectivity index (χ0) is 15.0. The fourth-order valence-electron chi connectivity index (χ4n) is 2.54. The van der Waals surface area contributed by atoms with E-state index in [0.29, 0.717) is 17.0 Å². The highest BCUT2D eigenvalue weighted by molar-refractivity contribution is 7.81. The van der Waals surface area contributed by atoms with Crippen molar-refractivity contribution in [2.45, 2.75) is 36.5 Å². The number of nitrogens with two attached hydrogens (primary N) is 1. The van der Waals surface area contributed by atoms with Crippen LogP contribution in [0.25, 0.3) is 11.2 Å². The largest absolute Gasteiger partial charge is 0.387 e. The van der Waals surface area contributed by atoms with Crippen LogP contribution in [0.15, 0.2) is 25.3 Å². The van der Waals surface area contributed by atoms with Gasteiger partial charge in [0.25, 0.3) is 0 Å². The van der Waals surface area contributed by atoms with Gasteiger partial charge in [-0.05, 0) is 12.8 Å². The highest BCUT2D eigenvalue weighted by Gasteiger charge is 2.42. The van der Waals surface area contributed by atoms with Gasteiger partial charge >= 0.3 is 0 Å². The number of hydrogen-bond donors (Lipinski definition) is 3. The van der Waals surface area contributed by atoms with E-state index in [9.17, 15) is 5.11 Å². The van der Waals surface area contributed by atoms with Crippen LogP contribution in [0.2, 0.25) is 0 Å². The molecule has 4 atom stereocenters. The molecular weight excluding hydrogens is 290 g/mol. The number of hydrogen-bond acceptors (Lipinski definition) is 7. The number of nitrogens with zero attached hydrogens (tertiary/aromatic N) is 4. The van der Waals surface area contributed by atoms with Crippen LogP contribution in [-0.2, 0) is 4.74 Å². The number of nitrogen functional groups attached to an aromatic ring is 1. The number of thiol groups is 1. The lowest BCUT2D eigenvalue weighted by atomic mass is 10.1. The van der Waals surface area contributed by atoms with Gasteiger partial charge < -0.3 is 15.6 Å².